The van der Waals surface area contributed by atoms with Gasteiger partial charge in [-0.3, -0.25) is 5.32 Å². The molecule has 0 saturated heterocycles. The summed E-state index contributed by atoms with van der Waals surface area (Å²) >= 11 is 5.89. The number of nitrogens with one attached hydrogen (secondary N) is 1. The van der Waals surface area contributed by atoms with Gasteiger partial charge in [-0.25, -0.2) is 14.6 Å². The number of aromatic nitrogens is 1. The van der Waals surface area contributed by atoms with Crippen molar-refractivity contribution in [3.63, 3.8) is 0 Å². The highest BCUT2D eigenvalue weighted by atomic mass is 35.5. The van der Waals surface area contributed by atoms with Gasteiger partial charge in [-0.15, -0.1) is 0 Å². The molecule has 7 nitrogen and oxygen atoms in total. The van der Waals surface area contributed by atoms with E-state index in [0.29, 0.717) is 27.7 Å². The Balaban J connectivity index is 1.83. The highest BCUT2D eigenvalue weighted by molar-refractivity contribution is 6.30. The lowest BCUT2D eigenvalue weighted by Crippen LogP contribution is -2.34. The third-order valence-corrected chi connectivity index (χ3v) is 4.33. The van der Waals surface area contributed by atoms with E-state index in [1.807, 2.05) is 12.1 Å². The molecule has 166 valence electrons. The van der Waals surface area contributed by atoms with E-state index in [1.54, 1.807) is 63.2 Å². The summed E-state index contributed by atoms with van der Waals surface area (Å²) in [4.78, 5) is 28.7. The summed E-state index contributed by atoms with van der Waals surface area (Å²) in [6.07, 6.45) is 0.758. The van der Waals surface area contributed by atoms with Crippen molar-refractivity contribution in [2.24, 2.45) is 0 Å². The van der Waals surface area contributed by atoms with E-state index < -0.39 is 17.7 Å². The molecule has 0 bridgehead atoms. The lowest BCUT2D eigenvalue weighted by Gasteiger charge is -2.20. The van der Waals surface area contributed by atoms with E-state index in [9.17, 15) is 9.59 Å². The summed E-state index contributed by atoms with van der Waals surface area (Å²) in [5.41, 5.74) is 0.623. The van der Waals surface area contributed by atoms with Gasteiger partial charge in [0.1, 0.15) is 17.0 Å². The number of hydrogen-bond acceptors (Lipinski definition) is 6. The summed E-state index contributed by atoms with van der Waals surface area (Å²) in [6.45, 7) is 5.19. The number of methoxy groups -OCH3 is 1. The number of alkyl carbamates (subject to hydrolysis) is 1. The zero-order valence-electron chi connectivity index (χ0n) is 18.1. The van der Waals surface area contributed by atoms with Gasteiger partial charge in [-0.1, -0.05) is 17.7 Å². The third-order valence-electron chi connectivity index (χ3n) is 4.08. The van der Waals surface area contributed by atoms with Crippen LogP contribution in [0.1, 0.15) is 26.3 Å². The van der Waals surface area contributed by atoms with Crippen molar-refractivity contribution in [2.45, 2.75) is 26.4 Å². The number of rotatable bonds is 5. The largest absolute Gasteiger partial charge is 0.464 e. The Bertz CT molecular complexity index is 1170. The van der Waals surface area contributed by atoms with Gasteiger partial charge in [-0.2, -0.15) is 0 Å². The quantitative estimate of drug-likeness (QED) is 0.392. The lowest BCUT2D eigenvalue weighted by molar-refractivity contribution is -0.136. The second kappa shape index (κ2) is 9.70. The molecule has 8 heteroatoms. The number of carbonyl (C=O) groups excluding carboxylic acids is 2. The van der Waals surface area contributed by atoms with Crippen LogP contribution >= 0.6 is 11.6 Å². The first-order valence-corrected chi connectivity index (χ1v) is 10.1. The number of ether oxygens (including phenoxy) is 3. The summed E-state index contributed by atoms with van der Waals surface area (Å²) in [5, 5.41) is 3.89. The smallest absolute Gasteiger partial charge is 0.412 e. The summed E-state index contributed by atoms with van der Waals surface area (Å²) in [7, 11) is 1.24. The van der Waals surface area contributed by atoms with E-state index in [4.69, 9.17) is 25.8 Å². The summed E-state index contributed by atoms with van der Waals surface area (Å²) in [5.74, 6) is 0.363. The standard InChI is InChI=1S/C24H23ClN2O5/c1-24(2,3)32-23(29)27-20(22(28)30-4)14-15-5-11-19-16(13-15)6-12-21(26-19)31-18-9-7-17(25)8-10-18/h5-14H,1-4H3,(H,27,29). The number of hydrogen-bond donors (Lipinski definition) is 1. The average Bonchev–Trinajstić information content (AvgIpc) is 2.73. The predicted octanol–water partition coefficient (Wildman–Crippen LogP) is 5.72. The van der Waals surface area contributed by atoms with Crippen LogP contribution in [0.2, 0.25) is 5.02 Å². The van der Waals surface area contributed by atoms with Crippen molar-refractivity contribution >= 4 is 40.6 Å². The van der Waals surface area contributed by atoms with Crippen molar-refractivity contribution < 1.29 is 23.8 Å². The van der Waals surface area contributed by atoms with Crippen molar-refractivity contribution in [3.8, 4) is 11.6 Å². The van der Waals surface area contributed by atoms with E-state index in [0.717, 1.165) is 5.39 Å². The third kappa shape index (κ3) is 6.46. The molecule has 1 aromatic heterocycles. The normalized spacial score (nSPS) is 11.7. The van der Waals surface area contributed by atoms with E-state index in [1.165, 1.54) is 13.2 Å². The van der Waals surface area contributed by atoms with E-state index in [2.05, 4.69) is 10.3 Å². The number of pyridine rings is 1. The second-order valence-electron chi connectivity index (χ2n) is 7.83. The van der Waals surface area contributed by atoms with Crippen LogP contribution in [0.3, 0.4) is 0 Å². The predicted molar refractivity (Wildman–Crippen MR) is 123 cm³/mol. The Morgan fingerprint density at radius 1 is 1.03 bits per heavy atom. The number of fused-ring (bicyclic) bond motifs is 1. The van der Waals surface area contributed by atoms with Gasteiger partial charge in [0.05, 0.1) is 12.6 Å². The van der Waals surface area contributed by atoms with Crippen molar-refractivity contribution in [3.05, 3.63) is 70.9 Å². The number of carbonyl (C=O) groups is 2. The molecule has 1 heterocycles. The van der Waals surface area contributed by atoms with Crippen LogP contribution < -0.4 is 10.1 Å². The first kappa shape index (κ1) is 23.1. The lowest BCUT2D eigenvalue weighted by atomic mass is 10.1. The van der Waals surface area contributed by atoms with Gasteiger partial charge in [0.25, 0.3) is 0 Å². The molecule has 0 fully saturated rings. The molecule has 3 aromatic rings. The van der Waals surface area contributed by atoms with Crippen LogP contribution in [-0.4, -0.2) is 29.8 Å². The maximum absolute atomic E-state index is 12.1. The van der Waals surface area contributed by atoms with Gasteiger partial charge in [0.15, 0.2) is 0 Å². The number of benzene rings is 2. The fourth-order valence-electron chi connectivity index (χ4n) is 2.73. The van der Waals surface area contributed by atoms with Crippen molar-refractivity contribution in [1.29, 1.82) is 0 Å². The van der Waals surface area contributed by atoms with E-state index >= 15 is 0 Å². The second-order valence-corrected chi connectivity index (χ2v) is 8.27. The van der Waals surface area contributed by atoms with Crippen LogP contribution in [0, 0.1) is 0 Å². The molecule has 0 unspecified atom stereocenters. The van der Waals surface area contributed by atoms with Crippen LogP contribution in [0.15, 0.2) is 60.3 Å². The van der Waals surface area contributed by atoms with Gasteiger partial charge in [-0.05, 0) is 74.9 Å². The Kier molecular flexibility index (Phi) is 7.00. The zero-order chi connectivity index (χ0) is 23.3. The van der Waals surface area contributed by atoms with Gasteiger partial charge < -0.3 is 14.2 Å². The van der Waals surface area contributed by atoms with Crippen molar-refractivity contribution in [1.82, 2.24) is 10.3 Å². The Labute approximate surface area is 191 Å². The molecule has 1 amide bonds. The molecule has 0 aliphatic carbocycles. The molecule has 3 rings (SSSR count). The molecule has 0 aliphatic heterocycles. The minimum Gasteiger partial charge on any atom is -0.464 e. The van der Waals surface area contributed by atoms with Crippen LogP contribution in [0.5, 0.6) is 11.6 Å². The van der Waals surface area contributed by atoms with Gasteiger partial charge >= 0.3 is 12.1 Å². The SMILES string of the molecule is COC(=O)C(=Cc1ccc2nc(Oc3ccc(Cl)cc3)ccc2c1)NC(=O)OC(C)(C)C. The van der Waals surface area contributed by atoms with Crippen LogP contribution in [-0.2, 0) is 14.3 Å². The number of nitrogens with zero attached hydrogens (tertiary/aromatic N) is 1. The first-order valence-electron chi connectivity index (χ1n) is 9.77. The average molecular weight is 455 g/mol. The minimum atomic E-state index is -0.749. The molecule has 32 heavy (non-hydrogen) atoms. The van der Waals surface area contributed by atoms with Crippen LogP contribution in [0.4, 0.5) is 4.79 Å². The molecule has 1 N–H and O–H groups in total. The van der Waals surface area contributed by atoms with E-state index in [-0.39, 0.29) is 5.70 Å². The number of halogens is 1. The Morgan fingerprint density at radius 2 is 1.75 bits per heavy atom. The minimum absolute atomic E-state index is 0.0447. The fraction of sp³-hybridized carbons (Fsp3) is 0.208. The molecule has 0 aliphatic rings. The van der Waals surface area contributed by atoms with Gasteiger partial charge in [0.2, 0.25) is 5.88 Å². The fourth-order valence-corrected chi connectivity index (χ4v) is 2.86. The number of amides is 1. The van der Waals surface area contributed by atoms with Crippen LogP contribution in [0.25, 0.3) is 17.0 Å². The topological polar surface area (TPSA) is 86.8 Å². The highest BCUT2D eigenvalue weighted by Crippen LogP contribution is 2.25. The van der Waals surface area contributed by atoms with Gasteiger partial charge in [0, 0.05) is 16.5 Å². The summed E-state index contributed by atoms with van der Waals surface area (Å²) in [6, 6.07) is 16.0. The molecule has 0 saturated carbocycles. The molecule has 0 radical (unpaired) electrons. The zero-order valence-corrected chi connectivity index (χ0v) is 18.9. The molecule has 2 aromatic carbocycles. The highest BCUT2D eigenvalue weighted by Gasteiger charge is 2.20. The summed E-state index contributed by atoms with van der Waals surface area (Å²) < 4.78 is 15.7. The Morgan fingerprint density at radius 3 is 2.41 bits per heavy atom. The molecular formula is C24H23ClN2O5. The monoisotopic (exact) mass is 454 g/mol. The molecule has 0 spiro atoms. The first-order chi connectivity index (χ1) is 15.1. The molecular weight excluding hydrogens is 432 g/mol. The molecule has 0 atom stereocenters. The number of esters is 1. The maximum atomic E-state index is 12.1. The van der Waals surface area contributed by atoms with Crippen molar-refractivity contribution in [2.75, 3.05) is 7.11 Å². The Hall–Kier alpha value is -3.58. The maximum Gasteiger partial charge on any atom is 0.412 e.